The average molecular weight is 214 g/mol. The molecule has 1 saturated carbocycles. The van der Waals surface area contributed by atoms with Crippen LogP contribution in [0.3, 0.4) is 0 Å². The van der Waals surface area contributed by atoms with Crippen molar-refractivity contribution in [1.29, 1.82) is 0 Å². The van der Waals surface area contributed by atoms with Crippen LogP contribution >= 0.6 is 0 Å². The standard InChI is InChI=1S/C12H26N2O/c1-3-15-11-10-14(2)9-8-12(13)6-4-5-7-12/h3-11,13H2,1-2H3. The van der Waals surface area contributed by atoms with Gasteiger partial charge < -0.3 is 15.4 Å². The van der Waals surface area contributed by atoms with Crippen LogP contribution in [0.5, 0.6) is 0 Å². The number of rotatable bonds is 7. The molecule has 0 aromatic rings. The SMILES string of the molecule is CCOCCN(C)CCC1(N)CCCC1. The zero-order valence-corrected chi connectivity index (χ0v) is 10.3. The fourth-order valence-corrected chi connectivity index (χ4v) is 2.22. The number of nitrogens with zero attached hydrogens (tertiary/aromatic N) is 1. The highest BCUT2D eigenvalue weighted by atomic mass is 16.5. The molecule has 15 heavy (non-hydrogen) atoms. The quantitative estimate of drug-likeness (QED) is 0.654. The molecule has 1 aliphatic rings. The Labute approximate surface area is 94.0 Å². The molecule has 0 aromatic carbocycles. The zero-order valence-electron chi connectivity index (χ0n) is 10.3. The monoisotopic (exact) mass is 214 g/mol. The molecule has 0 aliphatic heterocycles. The number of nitrogens with two attached hydrogens (primary N) is 1. The molecule has 1 aliphatic carbocycles. The smallest absolute Gasteiger partial charge is 0.0593 e. The minimum absolute atomic E-state index is 0.139. The second-order valence-electron chi connectivity index (χ2n) is 4.82. The van der Waals surface area contributed by atoms with Crippen molar-refractivity contribution < 1.29 is 4.74 Å². The number of hydrogen-bond donors (Lipinski definition) is 1. The molecule has 0 atom stereocenters. The lowest BCUT2D eigenvalue weighted by Crippen LogP contribution is -2.40. The fourth-order valence-electron chi connectivity index (χ4n) is 2.22. The Morgan fingerprint density at radius 2 is 1.93 bits per heavy atom. The molecule has 2 N–H and O–H groups in total. The van der Waals surface area contributed by atoms with Gasteiger partial charge >= 0.3 is 0 Å². The Hall–Kier alpha value is -0.120. The highest BCUT2D eigenvalue weighted by molar-refractivity contribution is 4.89. The van der Waals surface area contributed by atoms with Crippen molar-refractivity contribution in [3.8, 4) is 0 Å². The van der Waals surface area contributed by atoms with Crippen LogP contribution in [0.15, 0.2) is 0 Å². The number of hydrogen-bond acceptors (Lipinski definition) is 3. The molecule has 0 radical (unpaired) electrons. The highest BCUT2D eigenvalue weighted by Crippen LogP contribution is 2.29. The minimum atomic E-state index is 0.139. The van der Waals surface area contributed by atoms with Gasteiger partial charge in [0.15, 0.2) is 0 Å². The molecule has 3 heteroatoms. The van der Waals surface area contributed by atoms with Crippen LogP contribution in [0.1, 0.15) is 39.0 Å². The van der Waals surface area contributed by atoms with Gasteiger partial charge in [-0.25, -0.2) is 0 Å². The molecule has 0 heterocycles. The van der Waals surface area contributed by atoms with Crippen molar-refractivity contribution in [3.63, 3.8) is 0 Å². The summed E-state index contributed by atoms with van der Waals surface area (Å²) in [5.74, 6) is 0. The third kappa shape index (κ3) is 4.96. The van der Waals surface area contributed by atoms with Gasteiger partial charge in [0.05, 0.1) is 6.61 Å². The first-order valence-corrected chi connectivity index (χ1v) is 6.21. The molecular weight excluding hydrogens is 188 g/mol. The summed E-state index contributed by atoms with van der Waals surface area (Å²) in [6.07, 6.45) is 6.20. The predicted molar refractivity (Wildman–Crippen MR) is 64.0 cm³/mol. The maximum absolute atomic E-state index is 6.30. The summed E-state index contributed by atoms with van der Waals surface area (Å²) < 4.78 is 5.33. The van der Waals surface area contributed by atoms with Gasteiger partial charge in [-0.2, -0.15) is 0 Å². The molecule has 0 aromatic heterocycles. The Morgan fingerprint density at radius 1 is 1.27 bits per heavy atom. The van der Waals surface area contributed by atoms with E-state index in [9.17, 15) is 0 Å². The molecule has 1 rings (SSSR count). The molecule has 90 valence electrons. The number of ether oxygens (including phenoxy) is 1. The van der Waals surface area contributed by atoms with E-state index in [-0.39, 0.29) is 5.54 Å². The Bertz CT molecular complexity index is 167. The molecule has 3 nitrogen and oxygen atoms in total. The van der Waals surface area contributed by atoms with E-state index in [4.69, 9.17) is 10.5 Å². The largest absolute Gasteiger partial charge is 0.380 e. The van der Waals surface area contributed by atoms with E-state index < -0.39 is 0 Å². The molecule has 0 amide bonds. The summed E-state index contributed by atoms with van der Waals surface area (Å²) in [5.41, 5.74) is 6.44. The molecule has 1 fully saturated rings. The maximum atomic E-state index is 6.30. The van der Waals surface area contributed by atoms with Crippen LogP contribution in [0.2, 0.25) is 0 Å². The van der Waals surface area contributed by atoms with Crippen molar-refractivity contribution in [1.82, 2.24) is 4.90 Å². The third-order valence-electron chi connectivity index (χ3n) is 3.41. The molecule has 0 bridgehead atoms. The molecule has 0 unspecified atom stereocenters. The summed E-state index contributed by atoms with van der Waals surface area (Å²) >= 11 is 0. The highest BCUT2D eigenvalue weighted by Gasteiger charge is 2.28. The van der Waals surface area contributed by atoms with Crippen molar-refractivity contribution in [2.24, 2.45) is 5.73 Å². The van der Waals surface area contributed by atoms with Crippen LogP contribution in [-0.4, -0.2) is 43.8 Å². The summed E-state index contributed by atoms with van der Waals surface area (Å²) in [7, 11) is 2.15. The van der Waals surface area contributed by atoms with E-state index in [2.05, 4.69) is 11.9 Å². The van der Waals surface area contributed by atoms with E-state index in [0.29, 0.717) is 0 Å². The topological polar surface area (TPSA) is 38.5 Å². The maximum Gasteiger partial charge on any atom is 0.0593 e. The van der Waals surface area contributed by atoms with Crippen LogP contribution in [0, 0.1) is 0 Å². The van der Waals surface area contributed by atoms with Gasteiger partial charge in [-0.05, 0) is 39.8 Å². The summed E-state index contributed by atoms with van der Waals surface area (Å²) in [4.78, 5) is 2.32. The van der Waals surface area contributed by atoms with Gasteiger partial charge in [-0.15, -0.1) is 0 Å². The van der Waals surface area contributed by atoms with Crippen LogP contribution in [0.25, 0.3) is 0 Å². The predicted octanol–water partition coefficient (Wildman–Crippen LogP) is 1.62. The molecular formula is C12H26N2O. The van der Waals surface area contributed by atoms with Crippen molar-refractivity contribution in [2.45, 2.75) is 44.6 Å². The number of likely N-dealkylation sites (N-methyl/N-ethyl adjacent to an activating group) is 1. The van der Waals surface area contributed by atoms with Gasteiger partial charge in [0.1, 0.15) is 0 Å². The van der Waals surface area contributed by atoms with Gasteiger partial charge in [0.25, 0.3) is 0 Å². The first-order valence-electron chi connectivity index (χ1n) is 6.21. The van der Waals surface area contributed by atoms with Crippen molar-refractivity contribution >= 4 is 0 Å². The Kier molecular flexibility index (Phi) is 5.58. The van der Waals surface area contributed by atoms with Gasteiger partial charge in [0.2, 0.25) is 0 Å². The molecule has 0 saturated heterocycles. The van der Waals surface area contributed by atoms with E-state index >= 15 is 0 Å². The lowest BCUT2D eigenvalue weighted by Gasteiger charge is -2.26. The summed E-state index contributed by atoms with van der Waals surface area (Å²) in [6, 6.07) is 0. The van der Waals surface area contributed by atoms with Crippen LogP contribution in [0.4, 0.5) is 0 Å². The van der Waals surface area contributed by atoms with E-state index in [0.717, 1.165) is 32.7 Å². The lowest BCUT2D eigenvalue weighted by atomic mass is 9.95. The Morgan fingerprint density at radius 3 is 2.53 bits per heavy atom. The summed E-state index contributed by atoms with van der Waals surface area (Å²) in [6.45, 7) is 5.81. The zero-order chi connectivity index (χ0) is 11.1. The third-order valence-corrected chi connectivity index (χ3v) is 3.41. The van der Waals surface area contributed by atoms with Crippen LogP contribution in [-0.2, 0) is 4.74 Å². The second kappa shape index (κ2) is 6.46. The molecule has 0 spiro atoms. The van der Waals surface area contributed by atoms with Gasteiger partial charge in [-0.1, -0.05) is 12.8 Å². The van der Waals surface area contributed by atoms with E-state index in [1.165, 1.54) is 25.7 Å². The van der Waals surface area contributed by atoms with Crippen molar-refractivity contribution in [3.05, 3.63) is 0 Å². The van der Waals surface area contributed by atoms with E-state index in [1.807, 2.05) is 6.92 Å². The van der Waals surface area contributed by atoms with Crippen molar-refractivity contribution in [2.75, 3.05) is 33.4 Å². The van der Waals surface area contributed by atoms with Gasteiger partial charge in [0, 0.05) is 18.7 Å². The fraction of sp³-hybridized carbons (Fsp3) is 1.00. The summed E-state index contributed by atoms with van der Waals surface area (Å²) in [5, 5.41) is 0. The lowest BCUT2D eigenvalue weighted by molar-refractivity contribution is 0.119. The first-order chi connectivity index (χ1) is 7.16. The van der Waals surface area contributed by atoms with E-state index in [1.54, 1.807) is 0 Å². The second-order valence-corrected chi connectivity index (χ2v) is 4.82. The van der Waals surface area contributed by atoms with Crippen LogP contribution < -0.4 is 5.73 Å². The normalized spacial score (nSPS) is 20.0. The Balaban J connectivity index is 2.07. The first kappa shape index (κ1) is 12.9. The minimum Gasteiger partial charge on any atom is -0.380 e. The van der Waals surface area contributed by atoms with Gasteiger partial charge in [-0.3, -0.25) is 0 Å². The average Bonchev–Trinajstić information content (AvgIpc) is 2.64.